The number of carboxylic acid groups (broad SMARTS) is 1. The Morgan fingerprint density at radius 2 is 1.71 bits per heavy atom. The maximum atomic E-state index is 12.7. The molecule has 1 heterocycles. The highest BCUT2D eigenvalue weighted by Gasteiger charge is 2.31. The van der Waals surface area contributed by atoms with Crippen LogP contribution in [-0.2, 0) is 12.8 Å². The molecule has 1 aliphatic carbocycles. The van der Waals surface area contributed by atoms with Gasteiger partial charge in [0.15, 0.2) is 0 Å². The van der Waals surface area contributed by atoms with Crippen LogP contribution in [0.15, 0.2) is 36.4 Å². The highest BCUT2D eigenvalue weighted by Crippen LogP contribution is 2.34. The summed E-state index contributed by atoms with van der Waals surface area (Å²) in [7, 11) is 2.06. The average Bonchev–Trinajstić information content (AvgIpc) is 2.78. The van der Waals surface area contributed by atoms with E-state index in [9.17, 15) is 27.9 Å². The first-order valence-electron chi connectivity index (χ1n) is 11.1. The van der Waals surface area contributed by atoms with Gasteiger partial charge in [-0.15, -0.1) is 13.2 Å². The summed E-state index contributed by atoms with van der Waals surface area (Å²) in [5.41, 5.74) is 3.26. The van der Waals surface area contributed by atoms with Crippen molar-refractivity contribution in [3.05, 3.63) is 58.7 Å². The number of likely N-dealkylation sites (N-methyl/N-ethyl adjacent to an activating group) is 1. The van der Waals surface area contributed by atoms with Gasteiger partial charge in [-0.25, -0.2) is 4.79 Å². The molecule has 2 aliphatic rings. The number of carbonyl (C=O) groups excluding carboxylic acids is 1. The van der Waals surface area contributed by atoms with Crippen molar-refractivity contribution in [2.24, 2.45) is 0 Å². The summed E-state index contributed by atoms with van der Waals surface area (Å²) in [5.74, 6) is -1.76. The molecule has 1 saturated heterocycles. The van der Waals surface area contributed by atoms with Crippen molar-refractivity contribution in [1.82, 2.24) is 10.2 Å². The predicted molar refractivity (Wildman–Crippen MR) is 120 cm³/mol. The summed E-state index contributed by atoms with van der Waals surface area (Å²) in [6.07, 6.45) is -3.23. The SMILES string of the molecule is CN1CCN(c2ccc(C(=O)O)c3c2C[C@H](NC(=O)c2ccc(OC(F)(F)F)cc2)CC3)CC1. The molecule has 10 heteroatoms. The van der Waals surface area contributed by atoms with Gasteiger partial charge in [-0.3, -0.25) is 4.79 Å². The number of carboxylic acids is 1. The van der Waals surface area contributed by atoms with Gasteiger partial charge in [0.05, 0.1) is 5.56 Å². The fourth-order valence-corrected chi connectivity index (χ4v) is 4.60. The van der Waals surface area contributed by atoms with Gasteiger partial charge in [0.2, 0.25) is 0 Å². The molecule has 2 aromatic rings. The third kappa shape index (κ3) is 5.44. The zero-order chi connectivity index (χ0) is 24.5. The second-order valence-electron chi connectivity index (χ2n) is 8.67. The molecule has 34 heavy (non-hydrogen) atoms. The second kappa shape index (κ2) is 9.54. The minimum atomic E-state index is -4.80. The molecule has 1 atom stereocenters. The number of anilines is 1. The lowest BCUT2D eigenvalue weighted by atomic mass is 9.83. The molecule has 1 amide bonds. The van der Waals surface area contributed by atoms with Crippen LogP contribution < -0.4 is 15.0 Å². The Hall–Kier alpha value is -3.27. The molecule has 7 nitrogen and oxygen atoms in total. The average molecular weight is 477 g/mol. The van der Waals surface area contributed by atoms with Gasteiger partial charge in [-0.2, -0.15) is 0 Å². The Morgan fingerprint density at radius 1 is 1.03 bits per heavy atom. The van der Waals surface area contributed by atoms with Crippen LogP contribution in [-0.4, -0.2) is 67.5 Å². The van der Waals surface area contributed by atoms with Crippen LogP contribution >= 0.6 is 0 Å². The third-order valence-electron chi connectivity index (χ3n) is 6.36. The summed E-state index contributed by atoms with van der Waals surface area (Å²) in [6.45, 7) is 3.48. The smallest absolute Gasteiger partial charge is 0.478 e. The topological polar surface area (TPSA) is 82.1 Å². The summed E-state index contributed by atoms with van der Waals surface area (Å²) in [5, 5.41) is 12.6. The van der Waals surface area contributed by atoms with Crippen LogP contribution in [0.4, 0.5) is 18.9 Å². The van der Waals surface area contributed by atoms with E-state index in [0.717, 1.165) is 55.1 Å². The number of amides is 1. The lowest BCUT2D eigenvalue weighted by Crippen LogP contribution is -2.45. The predicted octanol–water partition coefficient (Wildman–Crippen LogP) is 3.32. The zero-order valence-electron chi connectivity index (χ0n) is 18.7. The lowest BCUT2D eigenvalue weighted by molar-refractivity contribution is -0.274. The van der Waals surface area contributed by atoms with Crippen LogP contribution in [0.1, 0.15) is 38.3 Å². The number of halogens is 3. The van der Waals surface area contributed by atoms with Crippen molar-refractivity contribution in [2.45, 2.75) is 31.7 Å². The fourth-order valence-electron chi connectivity index (χ4n) is 4.60. The first kappa shape index (κ1) is 23.9. The second-order valence-corrected chi connectivity index (χ2v) is 8.67. The molecule has 1 fully saturated rings. The third-order valence-corrected chi connectivity index (χ3v) is 6.36. The van der Waals surface area contributed by atoms with Gasteiger partial charge in [0.1, 0.15) is 5.75 Å². The highest BCUT2D eigenvalue weighted by molar-refractivity contribution is 5.94. The lowest BCUT2D eigenvalue weighted by Gasteiger charge is -2.37. The van der Waals surface area contributed by atoms with Crippen LogP contribution in [0.3, 0.4) is 0 Å². The minimum absolute atomic E-state index is 0.221. The largest absolute Gasteiger partial charge is 0.573 e. The summed E-state index contributed by atoms with van der Waals surface area (Å²) < 4.78 is 40.9. The van der Waals surface area contributed by atoms with E-state index in [4.69, 9.17) is 0 Å². The van der Waals surface area contributed by atoms with Gasteiger partial charge in [-0.1, -0.05) is 0 Å². The van der Waals surface area contributed by atoms with Crippen molar-refractivity contribution < 1.29 is 32.6 Å². The normalized spacial score (nSPS) is 18.8. The van der Waals surface area contributed by atoms with E-state index in [1.54, 1.807) is 6.07 Å². The molecule has 182 valence electrons. The number of alkyl halides is 3. The molecule has 1 aliphatic heterocycles. The van der Waals surface area contributed by atoms with Gasteiger partial charge >= 0.3 is 12.3 Å². The Kier molecular flexibility index (Phi) is 6.70. The number of hydrogen-bond donors (Lipinski definition) is 2. The molecule has 2 aromatic carbocycles. The maximum Gasteiger partial charge on any atom is 0.573 e. The standard InChI is InChI=1S/C24H26F3N3O4/c1-29-10-12-30(13-11-29)21-9-8-19(23(32)33)18-7-4-16(14-20(18)21)28-22(31)15-2-5-17(6-3-15)34-24(25,26)27/h2-3,5-6,8-9,16H,4,7,10-14H2,1H3,(H,28,31)(H,32,33)/t16-/m1/s1. The van der Waals surface area contributed by atoms with E-state index in [-0.39, 0.29) is 17.2 Å². The number of aromatic carboxylic acids is 1. The number of rotatable bonds is 5. The van der Waals surface area contributed by atoms with Crippen molar-refractivity contribution in [3.63, 3.8) is 0 Å². The van der Waals surface area contributed by atoms with Crippen LogP contribution in [0, 0.1) is 0 Å². The molecule has 0 aromatic heterocycles. The number of nitrogens with zero attached hydrogens (tertiary/aromatic N) is 2. The number of carbonyl (C=O) groups is 2. The van der Waals surface area contributed by atoms with E-state index in [1.807, 2.05) is 6.07 Å². The van der Waals surface area contributed by atoms with E-state index < -0.39 is 24.0 Å². The van der Waals surface area contributed by atoms with E-state index in [2.05, 4.69) is 26.9 Å². The van der Waals surface area contributed by atoms with Gasteiger partial charge in [0.25, 0.3) is 5.91 Å². The highest BCUT2D eigenvalue weighted by atomic mass is 19.4. The van der Waals surface area contributed by atoms with Crippen molar-refractivity contribution in [3.8, 4) is 5.75 Å². The quantitative estimate of drug-likeness (QED) is 0.688. The molecular formula is C24H26F3N3O4. The first-order valence-corrected chi connectivity index (χ1v) is 11.1. The maximum absolute atomic E-state index is 12.7. The molecule has 0 spiro atoms. The number of piperazine rings is 1. The molecule has 2 N–H and O–H groups in total. The van der Waals surface area contributed by atoms with Crippen molar-refractivity contribution in [2.75, 3.05) is 38.1 Å². The fraction of sp³-hybridized carbons (Fsp3) is 0.417. The summed E-state index contributed by atoms with van der Waals surface area (Å²) in [6, 6.07) is 8.07. The van der Waals surface area contributed by atoms with Crippen LogP contribution in [0.5, 0.6) is 5.75 Å². The Balaban J connectivity index is 1.51. The Bertz CT molecular complexity index is 1060. The Morgan fingerprint density at radius 3 is 2.32 bits per heavy atom. The number of ether oxygens (including phenoxy) is 1. The first-order chi connectivity index (χ1) is 16.1. The molecule has 0 saturated carbocycles. The van der Waals surface area contributed by atoms with E-state index in [1.165, 1.54) is 12.1 Å². The number of benzene rings is 2. The number of nitrogens with one attached hydrogen (secondary N) is 1. The molecule has 4 rings (SSSR count). The van der Waals surface area contributed by atoms with Gasteiger partial charge in [-0.05, 0) is 73.8 Å². The zero-order valence-corrected chi connectivity index (χ0v) is 18.7. The van der Waals surface area contributed by atoms with Gasteiger partial charge < -0.3 is 25.0 Å². The minimum Gasteiger partial charge on any atom is -0.478 e. The van der Waals surface area contributed by atoms with Crippen molar-refractivity contribution >= 4 is 17.6 Å². The van der Waals surface area contributed by atoms with Crippen LogP contribution in [0.2, 0.25) is 0 Å². The molecule has 0 radical (unpaired) electrons. The molecule has 0 bridgehead atoms. The Labute approximate surface area is 195 Å². The van der Waals surface area contributed by atoms with E-state index >= 15 is 0 Å². The molecular weight excluding hydrogens is 451 g/mol. The van der Waals surface area contributed by atoms with Gasteiger partial charge in [0, 0.05) is 43.5 Å². The summed E-state index contributed by atoms with van der Waals surface area (Å²) >= 11 is 0. The number of hydrogen-bond acceptors (Lipinski definition) is 5. The van der Waals surface area contributed by atoms with Crippen LogP contribution in [0.25, 0.3) is 0 Å². The van der Waals surface area contributed by atoms with E-state index in [0.29, 0.717) is 19.3 Å². The monoisotopic (exact) mass is 477 g/mol. The van der Waals surface area contributed by atoms with Crippen molar-refractivity contribution in [1.29, 1.82) is 0 Å². The number of fused-ring (bicyclic) bond motifs is 1. The molecule has 0 unspecified atom stereocenters. The summed E-state index contributed by atoms with van der Waals surface area (Å²) in [4.78, 5) is 29.0.